The molecule has 0 amide bonds. The first-order valence-electron chi connectivity index (χ1n) is 5.67. The molecule has 0 aliphatic heterocycles. The largest absolute Gasteiger partial charge is 0.316 e. The van der Waals surface area contributed by atoms with Crippen LogP contribution in [0.2, 0.25) is 0 Å². The summed E-state index contributed by atoms with van der Waals surface area (Å²) in [7, 11) is 0. The van der Waals surface area contributed by atoms with E-state index in [2.05, 4.69) is 51.7 Å². The molecule has 1 N–H and O–H groups in total. The van der Waals surface area contributed by atoms with E-state index in [1.807, 2.05) is 11.3 Å². The van der Waals surface area contributed by atoms with Crippen LogP contribution in [0, 0.1) is 0 Å². The zero-order valence-electron chi connectivity index (χ0n) is 9.42. The molecular formula is C13H16BrNS. The number of rotatable bonds is 5. The number of benzene rings is 1. The summed E-state index contributed by atoms with van der Waals surface area (Å²) in [5.41, 5.74) is 1.46. The summed E-state index contributed by atoms with van der Waals surface area (Å²) >= 11 is 5.37. The second-order valence-electron chi connectivity index (χ2n) is 3.90. The van der Waals surface area contributed by atoms with Crippen molar-refractivity contribution in [3.63, 3.8) is 0 Å². The molecule has 0 atom stereocenters. The molecule has 0 saturated heterocycles. The Balaban J connectivity index is 2.09. The first kappa shape index (κ1) is 12.1. The van der Waals surface area contributed by atoms with Gasteiger partial charge in [-0.15, -0.1) is 11.3 Å². The van der Waals surface area contributed by atoms with Crippen molar-refractivity contribution >= 4 is 37.4 Å². The fourth-order valence-corrected chi connectivity index (χ4v) is 3.11. The van der Waals surface area contributed by atoms with Crippen LogP contribution in [-0.4, -0.2) is 13.1 Å². The second-order valence-corrected chi connectivity index (χ2v) is 5.73. The van der Waals surface area contributed by atoms with Crippen LogP contribution in [0.5, 0.6) is 0 Å². The molecule has 1 nitrogen and oxygen atoms in total. The fourth-order valence-electron chi connectivity index (χ4n) is 1.77. The van der Waals surface area contributed by atoms with E-state index in [0.29, 0.717) is 0 Å². The third kappa shape index (κ3) is 2.84. The van der Waals surface area contributed by atoms with E-state index in [0.717, 1.165) is 19.5 Å². The summed E-state index contributed by atoms with van der Waals surface area (Å²) in [4.78, 5) is 0. The van der Waals surface area contributed by atoms with Gasteiger partial charge in [0.15, 0.2) is 0 Å². The number of fused-ring (bicyclic) bond motifs is 1. The number of hydrogen-bond acceptors (Lipinski definition) is 2. The van der Waals surface area contributed by atoms with Gasteiger partial charge in [-0.3, -0.25) is 0 Å². The molecule has 0 spiro atoms. The third-order valence-electron chi connectivity index (χ3n) is 2.61. The monoisotopic (exact) mass is 297 g/mol. The van der Waals surface area contributed by atoms with Crippen LogP contribution < -0.4 is 5.32 Å². The van der Waals surface area contributed by atoms with E-state index < -0.39 is 0 Å². The summed E-state index contributed by atoms with van der Waals surface area (Å²) in [6.07, 6.45) is 2.33. The molecule has 0 unspecified atom stereocenters. The molecule has 0 aliphatic carbocycles. The van der Waals surface area contributed by atoms with Crippen molar-refractivity contribution in [1.82, 2.24) is 5.32 Å². The lowest BCUT2D eigenvalue weighted by Gasteiger charge is -2.02. The van der Waals surface area contributed by atoms with Gasteiger partial charge in [0.25, 0.3) is 0 Å². The van der Waals surface area contributed by atoms with E-state index in [-0.39, 0.29) is 0 Å². The molecule has 1 heterocycles. The van der Waals surface area contributed by atoms with Gasteiger partial charge in [-0.2, -0.15) is 0 Å². The maximum Gasteiger partial charge on any atom is 0.0346 e. The third-order valence-corrected chi connectivity index (χ3v) is 4.12. The summed E-state index contributed by atoms with van der Waals surface area (Å²) in [6, 6.07) is 6.52. The van der Waals surface area contributed by atoms with Crippen LogP contribution in [-0.2, 0) is 6.42 Å². The maximum atomic E-state index is 3.53. The molecule has 0 radical (unpaired) electrons. The van der Waals surface area contributed by atoms with Gasteiger partial charge >= 0.3 is 0 Å². The Morgan fingerprint density at radius 2 is 2.19 bits per heavy atom. The Hall–Kier alpha value is -0.380. The molecule has 16 heavy (non-hydrogen) atoms. The minimum Gasteiger partial charge on any atom is -0.316 e. The lowest BCUT2D eigenvalue weighted by atomic mass is 10.1. The van der Waals surface area contributed by atoms with E-state index >= 15 is 0 Å². The van der Waals surface area contributed by atoms with Gasteiger partial charge in [-0.25, -0.2) is 0 Å². The Morgan fingerprint density at radius 3 is 3.00 bits per heavy atom. The minimum absolute atomic E-state index is 1.08. The zero-order chi connectivity index (χ0) is 11.4. The lowest BCUT2D eigenvalue weighted by molar-refractivity contribution is 0.673. The van der Waals surface area contributed by atoms with Crippen molar-refractivity contribution in [2.45, 2.75) is 19.8 Å². The Labute approximate surface area is 109 Å². The van der Waals surface area contributed by atoms with Crippen LogP contribution >= 0.6 is 27.3 Å². The van der Waals surface area contributed by atoms with Crippen molar-refractivity contribution in [1.29, 1.82) is 0 Å². The summed E-state index contributed by atoms with van der Waals surface area (Å²) in [6.45, 7) is 4.39. The van der Waals surface area contributed by atoms with E-state index in [1.54, 1.807) is 0 Å². The highest BCUT2D eigenvalue weighted by Gasteiger charge is 2.03. The maximum absolute atomic E-state index is 3.53. The summed E-state index contributed by atoms with van der Waals surface area (Å²) < 4.78 is 2.55. The van der Waals surface area contributed by atoms with Crippen LogP contribution in [0.25, 0.3) is 10.1 Å². The molecule has 0 aliphatic rings. The number of thiophene rings is 1. The van der Waals surface area contributed by atoms with Crippen LogP contribution in [0.15, 0.2) is 28.1 Å². The van der Waals surface area contributed by atoms with E-state index in [1.165, 1.54) is 26.5 Å². The molecule has 2 aromatic rings. The van der Waals surface area contributed by atoms with Crippen LogP contribution in [0.3, 0.4) is 0 Å². The predicted molar refractivity (Wildman–Crippen MR) is 76.4 cm³/mol. The van der Waals surface area contributed by atoms with Crippen molar-refractivity contribution in [3.8, 4) is 0 Å². The molecule has 0 fully saturated rings. The second kappa shape index (κ2) is 5.80. The topological polar surface area (TPSA) is 12.0 Å². The highest BCUT2D eigenvalue weighted by Crippen LogP contribution is 2.28. The SMILES string of the molecule is CCCNCCc1csc2ccc(Br)cc12. The standard InChI is InChI=1S/C13H16BrNS/c1-2-6-15-7-5-10-9-16-13-4-3-11(14)8-12(10)13/h3-4,8-9,15H,2,5-7H2,1H3. The molecule has 0 saturated carbocycles. The summed E-state index contributed by atoms with van der Waals surface area (Å²) in [5.74, 6) is 0. The molecule has 1 aromatic carbocycles. The fraction of sp³-hybridized carbons (Fsp3) is 0.385. The summed E-state index contributed by atoms with van der Waals surface area (Å²) in [5, 5.41) is 7.13. The Kier molecular flexibility index (Phi) is 4.38. The molecule has 0 bridgehead atoms. The van der Waals surface area contributed by atoms with Crippen molar-refractivity contribution in [2.24, 2.45) is 0 Å². The van der Waals surface area contributed by atoms with Gasteiger partial charge in [-0.05, 0) is 60.5 Å². The quantitative estimate of drug-likeness (QED) is 0.816. The lowest BCUT2D eigenvalue weighted by Crippen LogP contribution is -2.17. The predicted octanol–water partition coefficient (Wildman–Crippen LogP) is 4.21. The van der Waals surface area contributed by atoms with Gasteiger partial charge in [0, 0.05) is 9.17 Å². The van der Waals surface area contributed by atoms with Crippen LogP contribution in [0.4, 0.5) is 0 Å². The minimum atomic E-state index is 1.08. The average molecular weight is 298 g/mol. The van der Waals surface area contributed by atoms with Crippen molar-refractivity contribution in [2.75, 3.05) is 13.1 Å². The highest BCUT2D eigenvalue weighted by molar-refractivity contribution is 9.10. The normalized spacial score (nSPS) is 11.1. The molecule has 86 valence electrons. The first-order valence-corrected chi connectivity index (χ1v) is 7.35. The molecule has 1 aromatic heterocycles. The molecule has 2 rings (SSSR count). The van der Waals surface area contributed by atoms with Gasteiger partial charge in [0.1, 0.15) is 0 Å². The van der Waals surface area contributed by atoms with Gasteiger partial charge in [0.05, 0.1) is 0 Å². The smallest absolute Gasteiger partial charge is 0.0346 e. The van der Waals surface area contributed by atoms with Gasteiger partial charge < -0.3 is 5.32 Å². The zero-order valence-corrected chi connectivity index (χ0v) is 11.8. The number of hydrogen-bond donors (Lipinski definition) is 1. The Morgan fingerprint density at radius 1 is 1.31 bits per heavy atom. The highest BCUT2D eigenvalue weighted by atomic mass is 79.9. The van der Waals surface area contributed by atoms with Crippen molar-refractivity contribution < 1.29 is 0 Å². The van der Waals surface area contributed by atoms with Gasteiger partial charge in [-0.1, -0.05) is 22.9 Å². The van der Waals surface area contributed by atoms with E-state index in [9.17, 15) is 0 Å². The Bertz CT molecular complexity index is 464. The molecule has 3 heteroatoms. The van der Waals surface area contributed by atoms with Gasteiger partial charge in [0.2, 0.25) is 0 Å². The van der Waals surface area contributed by atoms with Crippen molar-refractivity contribution in [3.05, 3.63) is 33.6 Å². The number of halogens is 1. The first-order chi connectivity index (χ1) is 7.81. The van der Waals surface area contributed by atoms with E-state index in [4.69, 9.17) is 0 Å². The number of nitrogens with one attached hydrogen (secondary N) is 1. The molecular weight excluding hydrogens is 282 g/mol. The average Bonchev–Trinajstić information content (AvgIpc) is 2.67. The van der Waals surface area contributed by atoms with Crippen LogP contribution in [0.1, 0.15) is 18.9 Å².